The number of hydrogen-bond donors (Lipinski definition) is 3. The molecule has 7 heteroatoms. The molecule has 0 aromatic carbocycles. The molecule has 0 bridgehead atoms. The van der Waals surface area contributed by atoms with Crippen LogP contribution in [0.15, 0.2) is 15.5 Å². The maximum Gasteiger partial charge on any atom is 0.341 e. The topological polar surface area (TPSA) is 96.1 Å². The molecule has 0 radical (unpaired) electrons. The molecule has 0 unspecified atom stereocenters. The molecule has 0 atom stereocenters. The minimum Gasteiger partial charge on any atom is -0.465 e. The van der Waals surface area contributed by atoms with Crippen LogP contribution >= 0.6 is 0 Å². The molecule has 1 heterocycles. The third kappa shape index (κ3) is 5.99. The maximum atomic E-state index is 11.7. The number of aliphatic imine (C=N–C) groups is 1. The van der Waals surface area contributed by atoms with Crippen LogP contribution in [0.4, 0.5) is 0 Å². The number of hydrogen-bond acceptors (Lipinski definition) is 5. The average molecular weight is 380 g/mol. The zero-order valence-corrected chi connectivity index (χ0v) is 16.8. The van der Waals surface area contributed by atoms with E-state index in [0.29, 0.717) is 29.6 Å². The fourth-order valence-electron chi connectivity index (χ4n) is 3.76. The summed E-state index contributed by atoms with van der Waals surface area (Å²) in [5, 5.41) is 16.2. The van der Waals surface area contributed by atoms with Gasteiger partial charge in [-0.25, -0.2) is 9.79 Å². The molecular formula is C20H33N3O4. The molecule has 3 N–H and O–H groups in total. The standard InChI is InChI=1S/C20H33N3O4/c1-4-21-19(23-14-20(10-11-24)8-6-5-7-9-20)22-13-16-12-17(15(2)27-16)18(25)26-3/h12,24H,4-11,13-14H2,1-3H3,(H2,21,22,23). The summed E-state index contributed by atoms with van der Waals surface area (Å²) < 4.78 is 10.4. The van der Waals surface area contributed by atoms with Crippen LogP contribution < -0.4 is 10.6 Å². The number of furan rings is 1. The highest BCUT2D eigenvalue weighted by molar-refractivity contribution is 5.90. The summed E-state index contributed by atoms with van der Waals surface area (Å²) in [6, 6.07) is 1.68. The van der Waals surface area contributed by atoms with Gasteiger partial charge in [0.25, 0.3) is 0 Å². The molecule has 1 fully saturated rings. The van der Waals surface area contributed by atoms with E-state index < -0.39 is 5.97 Å². The smallest absolute Gasteiger partial charge is 0.341 e. The number of ether oxygens (including phenoxy) is 1. The molecule has 1 saturated carbocycles. The highest BCUT2D eigenvalue weighted by atomic mass is 16.5. The maximum absolute atomic E-state index is 11.7. The van der Waals surface area contributed by atoms with Gasteiger partial charge >= 0.3 is 5.97 Å². The Hall–Kier alpha value is -2.02. The number of rotatable bonds is 8. The van der Waals surface area contributed by atoms with E-state index in [0.717, 1.165) is 32.4 Å². The van der Waals surface area contributed by atoms with Gasteiger partial charge in [-0.05, 0) is 44.6 Å². The first kappa shape index (κ1) is 21.3. The number of guanidine groups is 1. The Morgan fingerprint density at radius 2 is 2.07 bits per heavy atom. The molecule has 2 rings (SSSR count). The van der Waals surface area contributed by atoms with Gasteiger partial charge < -0.3 is 24.9 Å². The van der Waals surface area contributed by atoms with Gasteiger partial charge in [0.05, 0.1) is 7.11 Å². The number of aliphatic hydroxyl groups is 1. The van der Waals surface area contributed by atoms with Gasteiger partial charge in [-0.2, -0.15) is 0 Å². The fourth-order valence-corrected chi connectivity index (χ4v) is 3.76. The van der Waals surface area contributed by atoms with Crippen LogP contribution in [0.1, 0.15) is 67.3 Å². The van der Waals surface area contributed by atoms with Crippen molar-refractivity contribution >= 4 is 11.9 Å². The molecule has 1 aromatic heterocycles. The Kier molecular flexibility index (Phi) is 8.16. The van der Waals surface area contributed by atoms with E-state index in [4.69, 9.17) is 9.15 Å². The van der Waals surface area contributed by atoms with E-state index in [1.807, 2.05) is 6.92 Å². The molecule has 7 nitrogen and oxygen atoms in total. The summed E-state index contributed by atoms with van der Waals surface area (Å²) in [5.41, 5.74) is 0.576. The Balaban J connectivity index is 2.02. The normalized spacial score (nSPS) is 16.8. The second-order valence-corrected chi connectivity index (χ2v) is 7.26. The Labute approximate surface area is 161 Å². The van der Waals surface area contributed by atoms with Crippen LogP contribution in [0.25, 0.3) is 0 Å². The van der Waals surface area contributed by atoms with Gasteiger partial charge in [0.15, 0.2) is 5.96 Å². The minimum absolute atomic E-state index is 0.141. The van der Waals surface area contributed by atoms with Crippen molar-refractivity contribution in [1.82, 2.24) is 10.6 Å². The summed E-state index contributed by atoms with van der Waals surface area (Å²) in [4.78, 5) is 16.3. The number of carbonyl (C=O) groups excluding carboxylic acids is 1. The third-order valence-electron chi connectivity index (χ3n) is 5.30. The highest BCUT2D eigenvalue weighted by Crippen LogP contribution is 2.38. The SMILES string of the molecule is CCNC(=NCc1cc(C(=O)OC)c(C)o1)NCC1(CCO)CCCCC1. The van der Waals surface area contributed by atoms with Gasteiger partial charge in [-0.15, -0.1) is 0 Å². The first-order valence-corrected chi connectivity index (χ1v) is 9.84. The quantitative estimate of drug-likeness (QED) is 0.365. The lowest BCUT2D eigenvalue weighted by molar-refractivity contribution is 0.0598. The summed E-state index contributed by atoms with van der Waals surface area (Å²) in [6.45, 7) is 5.86. The van der Waals surface area contributed by atoms with Crippen molar-refractivity contribution in [2.45, 2.75) is 58.9 Å². The first-order chi connectivity index (χ1) is 13.0. The number of nitrogens with one attached hydrogen (secondary N) is 2. The summed E-state index contributed by atoms with van der Waals surface area (Å²) >= 11 is 0. The lowest BCUT2D eigenvalue weighted by Crippen LogP contribution is -2.44. The van der Waals surface area contributed by atoms with E-state index in [2.05, 4.69) is 15.6 Å². The zero-order valence-electron chi connectivity index (χ0n) is 16.8. The number of carbonyl (C=O) groups is 1. The van der Waals surface area contributed by atoms with Crippen molar-refractivity contribution < 1.29 is 19.1 Å². The van der Waals surface area contributed by atoms with Crippen molar-refractivity contribution in [3.05, 3.63) is 23.2 Å². The van der Waals surface area contributed by atoms with E-state index in [1.165, 1.54) is 26.4 Å². The highest BCUT2D eigenvalue weighted by Gasteiger charge is 2.31. The van der Waals surface area contributed by atoms with E-state index >= 15 is 0 Å². The molecule has 0 amide bonds. The largest absolute Gasteiger partial charge is 0.465 e. The minimum atomic E-state index is -0.403. The van der Waals surface area contributed by atoms with E-state index in [9.17, 15) is 9.90 Å². The van der Waals surface area contributed by atoms with Gasteiger partial charge in [-0.1, -0.05) is 19.3 Å². The van der Waals surface area contributed by atoms with Crippen molar-refractivity contribution in [2.75, 3.05) is 26.8 Å². The van der Waals surface area contributed by atoms with Crippen molar-refractivity contribution in [3.8, 4) is 0 Å². The van der Waals surface area contributed by atoms with Crippen molar-refractivity contribution in [1.29, 1.82) is 0 Å². The second-order valence-electron chi connectivity index (χ2n) is 7.26. The van der Waals surface area contributed by atoms with Gasteiger partial charge in [0.1, 0.15) is 23.6 Å². The molecule has 1 aliphatic rings. The van der Waals surface area contributed by atoms with E-state index in [1.54, 1.807) is 13.0 Å². The van der Waals surface area contributed by atoms with Crippen LogP contribution in [0.5, 0.6) is 0 Å². The van der Waals surface area contributed by atoms with Crippen molar-refractivity contribution in [2.24, 2.45) is 10.4 Å². The zero-order chi connectivity index (χ0) is 19.7. The predicted molar refractivity (Wildman–Crippen MR) is 105 cm³/mol. The number of aryl methyl sites for hydroxylation is 1. The molecule has 152 valence electrons. The lowest BCUT2D eigenvalue weighted by atomic mass is 9.72. The molecule has 1 aliphatic carbocycles. The van der Waals surface area contributed by atoms with Crippen LogP contribution in [-0.4, -0.2) is 43.8 Å². The Morgan fingerprint density at radius 1 is 1.33 bits per heavy atom. The average Bonchev–Trinajstić information content (AvgIpc) is 3.05. The second kappa shape index (κ2) is 10.3. The molecule has 27 heavy (non-hydrogen) atoms. The van der Waals surface area contributed by atoms with Gasteiger partial charge in [0, 0.05) is 19.7 Å². The molecule has 0 saturated heterocycles. The van der Waals surface area contributed by atoms with Crippen LogP contribution in [-0.2, 0) is 11.3 Å². The van der Waals surface area contributed by atoms with Crippen LogP contribution in [0.2, 0.25) is 0 Å². The number of nitrogens with zero attached hydrogens (tertiary/aromatic N) is 1. The Morgan fingerprint density at radius 3 is 2.70 bits per heavy atom. The van der Waals surface area contributed by atoms with Crippen molar-refractivity contribution in [3.63, 3.8) is 0 Å². The van der Waals surface area contributed by atoms with Gasteiger partial charge in [0.2, 0.25) is 0 Å². The molecule has 0 aliphatic heterocycles. The van der Waals surface area contributed by atoms with E-state index in [-0.39, 0.29) is 12.0 Å². The number of aliphatic hydroxyl groups excluding tert-OH is 1. The summed E-state index contributed by atoms with van der Waals surface area (Å²) in [7, 11) is 1.35. The Bertz CT molecular complexity index is 628. The number of methoxy groups -OCH3 is 1. The number of esters is 1. The summed E-state index contributed by atoms with van der Waals surface area (Å²) in [5.74, 6) is 1.47. The first-order valence-electron chi connectivity index (χ1n) is 9.84. The lowest BCUT2D eigenvalue weighted by Gasteiger charge is -2.37. The third-order valence-corrected chi connectivity index (χ3v) is 5.30. The van der Waals surface area contributed by atoms with Crippen LogP contribution in [0, 0.1) is 12.3 Å². The fraction of sp³-hybridized carbons (Fsp3) is 0.700. The monoisotopic (exact) mass is 379 g/mol. The summed E-state index contributed by atoms with van der Waals surface area (Å²) in [6.07, 6.45) is 6.81. The predicted octanol–water partition coefficient (Wildman–Crippen LogP) is 2.76. The van der Waals surface area contributed by atoms with Crippen LogP contribution in [0.3, 0.4) is 0 Å². The molecule has 0 spiro atoms. The molecule has 1 aromatic rings. The van der Waals surface area contributed by atoms with Gasteiger partial charge in [-0.3, -0.25) is 0 Å². The molecular weight excluding hydrogens is 346 g/mol.